The zero-order valence-corrected chi connectivity index (χ0v) is 14.9. The Labute approximate surface area is 147 Å². The van der Waals surface area contributed by atoms with E-state index in [9.17, 15) is 0 Å². The number of nitrogens with one attached hydrogen (secondary N) is 3. The molecule has 24 heavy (non-hydrogen) atoms. The number of thiocarbonyl (C=S) groups is 1. The van der Waals surface area contributed by atoms with Crippen molar-refractivity contribution in [2.24, 2.45) is 0 Å². The van der Waals surface area contributed by atoms with E-state index in [1.807, 2.05) is 18.2 Å². The third-order valence-electron chi connectivity index (χ3n) is 3.35. The number of ether oxygens (including phenoxy) is 2. The van der Waals surface area contributed by atoms with E-state index >= 15 is 0 Å². The van der Waals surface area contributed by atoms with Crippen LogP contribution in [0.25, 0.3) is 0 Å². The summed E-state index contributed by atoms with van der Waals surface area (Å²) >= 11 is 4.98. The molecule has 0 heterocycles. The Kier molecular flexibility index (Phi) is 6.57. The highest BCUT2D eigenvalue weighted by molar-refractivity contribution is 7.80. The van der Waals surface area contributed by atoms with Crippen molar-refractivity contribution < 1.29 is 14.6 Å². The molecule has 5 nitrogen and oxygen atoms in total. The van der Waals surface area contributed by atoms with Crippen molar-refractivity contribution in [1.82, 2.24) is 10.7 Å². The topological polar surface area (TPSA) is 56.5 Å². The molecule has 0 amide bonds. The van der Waals surface area contributed by atoms with Crippen LogP contribution in [0.15, 0.2) is 42.5 Å². The zero-order valence-electron chi connectivity index (χ0n) is 14.1. The molecule has 0 radical (unpaired) electrons. The third kappa shape index (κ3) is 5.24. The van der Waals surface area contributed by atoms with Gasteiger partial charge in [0.1, 0.15) is 6.61 Å². The van der Waals surface area contributed by atoms with Gasteiger partial charge in [-0.1, -0.05) is 29.8 Å². The Morgan fingerprint density at radius 3 is 2.58 bits per heavy atom. The van der Waals surface area contributed by atoms with E-state index in [0.717, 1.165) is 11.1 Å². The first-order valence-electron chi connectivity index (χ1n) is 7.55. The Hall–Kier alpha value is -2.60. The molecule has 0 bridgehead atoms. The number of hydrazine groups is 1. The molecule has 2 rings (SSSR count). The summed E-state index contributed by atoms with van der Waals surface area (Å²) in [4.78, 5) is 0. The standard InChI is InChI=1S/C18H21N3O2S/c1-13-4-6-14(7-5-13)12-23-16-9-8-15(10-17(16)22-3)11-20-21-18(24)19-2/h4-11H,12H2,1-3H3,(H2,19,21,24)/p+1. The molecule has 0 unspecified atom stereocenters. The number of hydrogen-bond donors (Lipinski definition) is 3. The van der Waals surface area contributed by atoms with Crippen LogP contribution in [0.3, 0.4) is 0 Å². The maximum Gasteiger partial charge on any atom is 0.223 e. The summed E-state index contributed by atoms with van der Waals surface area (Å²) in [6.45, 7) is 2.56. The SMILES string of the molecule is CNC(=S)N[NH+]=Cc1ccc(OCc2ccc(C)cc2)c(OC)c1. The number of rotatable bonds is 6. The number of benzene rings is 2. The van der Waals surface area contributed by atoms with E-state index < -0.39 is 0 Å². The van der Waals surface area contributed by atoms with Gasteiger partial charge in [-0.3, -0.25) is 0 Å². The number of aryl methyl sites for hydroxylation is 1. The lowest BCUT2D eigenvalue weighted by Gasteiger charge is -2.11. The van der Waals surface area contributed by atoms with Gasteiger partial charge in [0.05, 0.1) is 7.11 Å². The Bertz CT molecular complexity index is 715. The molecule has 0 aliphatic carbocycles. The first kappa shape index (κ1) is 17.7. The number of hydrogen-bond acceptors (Lipinski definition) is 3. The van der Waals surface area contributed by atoms with Crippen molar-refractivity contribution in [1.29, 1.82) is 0 Å². The van der Waals surface area contributed by atoms with Crippen molar-refractivity contribution in [2.45, 2.75) is 13.5 Å². The molecule has 2 aromatic rings. The van der Waals surface area contributed by atoms with Crippen LogP contribution >= 0.6 is 12.2 Å². The Morgan fingerprint density at radius 2 is 1.92 bits per heavy atom. The van der Waals surface area contributed by atoms with E-state index in [1.54, 1.807) is 20.4 Å². The quantitative estimate of drug-likeness (QED) is 0.416. The normalized spacial score (nSPS) is 10.5. The van der Waals surface area contributed by atoms with Crippen LogP contribution in [0.5, 0.6) is 11.5 Å². The summed E-state index contributed by atoms with van der Waals surface area (Å²) in [6, 6.07) is 14.0. The van der Waals surface area contributed by atoms with Crippen LogP contribution in [0, 0.1) is 6.92 Å². The molecule has 0 fully saturated rings. The highest BCUT2D eigenvalue weighted by Crippen LogP contribution is 2.28. The van der Waals surface area contributed by atoms with Crippen molar-refractivity contribution in [3.05, 3.63) is 59.2 Å². The molecule has 0 saturated heterocycles. The molecule has 2 aromatic carbocycles. The molecule has 0 saturated carbocycles. The van der Waals surface area contributed by atoms with Crippen LogP contribution in [0.1, 0.15) is 16.7 Å². The molecule has 0 aliphatic heterocycles. The smallest absolute Gasteiger partial charge is 0.223 e. The highest BCUT2D eigenvalue weighted by Gasteiger charge is 2.07. The fourth-order valence-electron chi connectivity index (χ4n) is 1.99. The molecule has 0 atom stereocenters. The average Bonchev–Trinajstić information content (AvgIpc) is 2.61. The van der Waals surface area contributed by atoms with Gasteiger partial charge in [-0.05, 0) is 42.9 Å². The molecular weight excluding hydrogens is 322 g/mol. The molecule has 0 aliphatic rings. The molecule has 3 N–H and O–H groups in total. The average molecular weight is 344 g/mol. The first-order chi connectivity index (χ1) is 11.6. The Balaban J connectivity index is 2.02. The summed E-state index contributed by atoms with van der Waals surface area (Å²) in [6.07, 6.45) is 1.79. The lowest BCUT2D eigenvalue weighted by molar-refractivity contribution is -0.500. The second-order valence-electron chi connectivity index (χ2n) is 5.18. The van der Waals surface area contributed by atoms with Crippen molar-refractivity contribution in [3.8, 4) is 11.5 Å². The van der Waals surface area contributed by atoms with Crippen LogP contribution in [0.2, 0.25) is 0 Å². The molecule has 0 spiro atoms. The Morgan fingerprint density at radius 1 is 1.17 bits per heavy atom. The van der Waals surface area contributed by atoms with E-state index in [4.69, 9.17) is 21.7 Å². The van der Waals surface area contributed by atoms with Crippen LogP contribution in [0.4, 0.5) is 0 Å². The molecule has 0 aromatic heterocycles. The van der Waals surface area contributed by atoms with Gasteiger partial charge in [0, 0.05) is 12.6 Å². The summed E-state index contributed by atoms with van der Waals surface area (Å²) in [5.41, 5.74) is 6.11. The van der Waals surface area contributed by atoms with Crippen LogP contribution in [-0.2, 0) is 6.61 Å². The van der Waals surface area contributed by atoms with Crippen LogP contribution in [-0.4, -0.2) is 25.5 Å². The van der Waals surface area contributed by atoms with Crippen molar-refractivity contribution in [3.63, 3.8) is 0 Å². The van der Waals surface area contributed by atoms with E-state index in [0.29, 0.717) is 23.2 Å². The monoisotopic (exact) mass is 344 g/mol. The van der Waals surface area contributed by atoms with Crippen molar-refractivity contribution in [2.75, 3.05) is 14.2 Å². The van der Waals surface area contributed by atoms with Crippen molar-refractivity contribution >= 4 is 23.5 Å². The lowest BCUT2D eigenvalue weighted by Crippen LogP contribution is -2.82. The second kappa shape index (κ2) is 8.88. The fraction of sp³-hybridized carbons (Fsp3) is 0.222. The summed E-state index contributed by atoms with van der Waals surface area (Å²) in [7, 11) is 3.37. The minimum absolute atomic E-state index is 0.496. The number of methoxy groups -OCH3 is 1. The van der Waals surface area contributed by atoms with Gasteiger partial charge in [-0.25, -0.2) is 0 Å². The predicted molar refractivity (Wildman–Crippen MR) is 99.4 cm³/mol. The first-order valence-corrected chi connectivity index (χ1v) is 7.96. The van der Waals surface area contributed by atoms with Gasteiger partial charge in [-0.2, -0.15) is 0 Å². The lowest BCUT2D eigenvalue weighted by atomic mass is 10.2. The van der Waals surface area contributed by atoms with Gasteiger partial charge in [0.2, 0.25) is 5.11 Å². The van der Waals surface area contributed by atoms with Gasteiger partial charge in [0.25, 0.3) is 0 Å². The van der Waals surface area contributed by atoms with Gasteiger partial charge >= 0.3 is 0 Å². The van der Waals surface area contributed by atoms with Crippen LogP contribution < -0.4 is 25.3 Å². The maximum absolute atomic E-state index is 5.86. The maximum atomic E-state index is 5.86. The highest BCUT2D eigenvalue weighted by atomic mass is 32.1. The van der Waals surface area contributed by atoms with E-state index in [2.05, 4.69) is 47.0 Å². The second-order valence-corrected chi connectivity index (χ2v) is 5.59. The minimum atomic E-state index is 0.496. The van der Waals surface area contributed by atoms with E-state index in [1.165, 1.54) is 5.56 Å². The molecule has 6 heteroatoms. The van der Waals surface area contributed by atoms with Gasteiger partial charge < -0.3 is 14.8 Å². The largest absolute Gasteiger partial charge is 0.493 e. The number of hydrazone groups is 1. The third-order valence-corrected chi connectivity index (χ3v) is 3.66. The van der Waals surface area contributed by atoms with E-state index in [-0.39, 0.29) is 0 Å². The fourth-order valence-corrected chi connectivity index (χ4v) is 2.04. The molecular formula is C18H22N3O2S+. The predicted octanol–water partition coefficient (Wildman–Crippen LogP) is 1.09. The van der Waals surface area contributed by atoms with Gasteiger partial charge in [-0.15, -0.1) is 10.5 Å². The van der Waals surface area contributed by atoms with Gasteiger partial charge in [0.15, 0.2) is 17.7 Å². The summed E-state index contributed by atoms with van der Waals surface area (Å²) in [5, 5.41) is 6.23. The summed E-state index contributed by atoms with van der Waals surface area (Å²) < 4.78 is 11.3. The summed E-state index contributed by atoms with van der Waals surface area (Å²) in [5.74, 6) is 1.38. The zero-order chi connectivity index (χ0) is 17.4. The molecule has 126 valence electrons. The minimum Gasteiger partial charge on any atom is -0.493 e.